The molecule has 2 aromatic rings. The van der Waals surface area contributed by atoms with Gasteiger partial charge in [0.15, 0.2) is 0 Å². The SMILES string of the molecule is O=C(N[C@@H]1CO[C@H](Cn2ccc(=O)[nH]c2=O)[C@@H](O)[C@H]1O)c1cccnc1. The molecule has 2 aromatic heterocycles. The van der Waals surface area contributed by atoms with Gasteiger partial charge in [-0.05, 0) is 12.1 Å². The van der Waals surface area contributed by atoms with Crippen LogP contribution in [0.4, 0.5) is 0 Å². The first-order valence-corrected chi connectivity index (χ1v) is 7.94. The van der Waals surface area contributed by atoms with E-state index in [4.69, 9.17) is 4.74 Å². The van der Waals surface area contributed by atoms with Crippen LogP contribution in [0.25, 0.3) is 0 Å². The Morgan fingerprint density at radius 1 is 1.35 bits per heavy atom. The Balaban J connectivity index is 1.65. The molecule has 0 unspecified atom stereocenters. The van der Waals surface area contributed by atoms with Crippen LogP contribution in [0.3, 0.4) is 0 Å². The molecule has 26 heavy (non-hydrogen) atoms. The summed E-state index contributed by atoms with van der Waals surface area (Å²) in [6.07, 6.45) is 0.699. The highest BCUT2D eigenvalue weighted by atomic mass is 16.5. The summed E-state index contributed by atoms with van der Waals surface area (Å²) >= 11 is 0. The van der Waals surface area contributed by atoms with Crippen LogP contribution in [0.15, 0.2) is 46.4 Å². The van der Waals surface area contributed by atoms with Crippen molar-refractivity contribution in [3.05, 3.63) is 63.2 Å². The second-order valence-electron chi connectivity index (χ2n) is 5.94. The molecule has 0 spiro atoms. The van der Waals surface area contributed by atoms with Crippen molar-refractivity contribution in [1.29, 1.82) is 0 Å². The number of carbonyl (C=O) groups excluding carboxylic acids is 1. The van der Waals surface area contributed by atoms with Gasteiger partial charge in [0.25, 0.3) is 11.5 Å². The van der Waals surface area contributed by atoms with E-state index in [9.17, 15) is 24.6 Å². The number of amides is 1. The van der Waals surface area contributed by atoms with E-state index in [1.807, 2.05) is 0 Å². The number of hydrogen-bond acceptors (Lipinski definition) is 7. The molecule has 3 rings (SSSR count). The van der Waals surface area contributed by atoms with E-state index >= 15 is 0 Å². The molecule has 10 heteroatoms. The van der Waals surface area contributed by atoms with Crippen molar-refractivity contribution in [1.82, 2.24) is 19.9 Å². The lowest BCUT2D eigenvalue weighted by Gasteiger charge is -2.38. The number of aromatic nitrogens is 3. The Labute approximate surface area is 147 Å². The molecular weight excluding hydrogens is 344 g/mol. The van der Waals surface area contributed by atoms with Crippen LogP contribution in [0.2, 0.25) is 0 Å². The number of pyridine rings is 1. The maximum absolute atomic E-state index is 12.1. The van der Waals surface area contributed by atoms with E-state index in [-0.39, 0.29) is 13.2 Å². The lowest BCUT2D eigenvalue weighted by molar-refractivity contribution is -0.152. The van der Waals surface area contributed by atoms with Crippen molar-refractivity contribution in [2.45, 2.75) is 30.9 Å². The quantitative estimate of drug-likeness (QED) is 0.485. The summed E-state index contributed by atoms with van der Waals surface area (Å²) in [4.78, 5) is 40.9. The third-order valence-electron chi connectivity index (χ3n) is 4.15. The maximum Gasteiger partial charge on any atom is 0.328 e. The first-order chi connectivity index (χ1) is 12.5. The van der Waals surface area contributed by atoms with Gasteiger partial charge >= 0.3 is 5.69 Å². The Hall–Kier alpha value is -2.82. The number of H-pyrrole nitrogens is 1. The highest BCUT2D eigenvalue weighted by molar-refractivity contribution is 5.94. The monoisotopic (exact) mass is 362 g/mol. The van der Waals surface area contributed by atoms with E-state index in [1.54, 1.807) is 12.1 Å². The molecule has 4 atom stereocenters. The van der Waals surface area contributed by atoms with E-state index in [0.717, 1.165) is 4.57 Å². The van der Waals surface area contributed by atoms with Gasteiger partial charge < -0.3 is 20.3 Å². The van der Waals surface area contributed by atoms with Gasteiger partial charge in [0.1, 0.15) is 18.3 Å². The van der Waals surface area contributed by atoms with E-state index in [0.29, 0.717) is 5.56 Å². The number of nitrogens with zero attached hydrogens (tertiary/aromatic N) is 2. The van der Waals surface area contributed by atoms with Gasteiger partial charge in [-0.1, -0.05) is 0 Å². The summed E-state index contributed by atoms with van der Waals surface area (Å²) < 4.78 is 6.67. The fraction of sp³-hybridized carbons (Fsp3) is 0.375. The van der Waals surface area contributed by atoms with Crippen LogP contribution in [0.5, 0.6) is 0 Å². The molecule has 10 nitrogen and oxygen atoms in total. The van der Waals surface area contributed by atoms with Crippen molar-refractivity contribution in [2.24, 2.45) is 0 Å². The zero-order valence-corrected chi connectivity index (χ0v) is 13.6. The minimum absolute atomic E-state index is 0.0486. The summed E-state index contributed by atoms with van der Waals surface area (Å²) in [6, 6.07) is 3.53. The molecule has 138 valence electrons. The molecule has 0 aliphatic carbocycles. The van der Waals surface area contributed by atoms with Crippen molar-refractivity contribution in [3.63, 3.8) is 0 Å². The van der Waals surface area contributed by atoms with Crippen LogP contribution < -0.4 is 16.6 Å². The standard InChI is InChI=1S/C16H18N4O6/c21-12-3-5-20(16(25)19-12)7-11-14(23)13(22)10(8-26-11)18-15(24)9-2-1-4-17-6-9/h1-6,10-11,13-14,22-23H,7-8H2,(H,18,24)(H,19,21,25)/t10-,11-,13+,14-/m1/s1. The average molecular weight is 362 g/mol. The second-order valence-corrected chi connectivity index (χ2v) is 5.94. The molecule has 0 aromatic carbocycles. The van der Waals surface area contributed by atoms with Gasteiger partial charge in [0, 0.05) is 24.7 Å². The molecule has 0 bridgehead atoms. The third kappa shape index (κ3) is 3.87. The number of aromatic amines is 1. The molecule has 3 heterocycles. The number of aliphatic hydroxyl groups is 2. The van der Waals surface area contributed by atoms with Gasteiger partial charge in [-0.3, -0.25) is 24.1 Å². The Morgan fingerprint density at radius 3 is 2.85 bits per heavy atom. The number of hydrogen-bond donors (Lipinski definition) is 4. The van der Waals surface area contributed by atoms with Crippen molar-refractivity contribution in [2.75, 3.05) is 6.61 Å². The zero-order valence-electron chi connectivity index (χ0n) is 13.6. The molecule has 1 fully saturated rings. The predicted octanol–water partition coefficient (Wildman–Crippen LogP) is -2.15. The molecule has 1 aliphatic rings. The smallest absolute Gasteiger partial charge is 0.328 e. The molecular formula is C16H18N4O6. The van der Waals surface area contributed by atoms with Crippen LogP contribution >= 0.6 is 0 Å². The number of carbonyl (C=O) groups is 1. The third-order valence-corrected chi connectivity index (χ3v) is 4.15. The summed E-state index contributed by atoms with van der Waals surface area (Å²) in [5.74, 6) is -0.451. The highest BCUT2D eigenvalue weighted by Gasteiger charge is 2.39. The van der Waals surface area contributed by atoms with Crippen molar-refractivity contribution < 1.29 is 19.7 Å². The van der Waals surface area contributed by atoms with Gasteiger partial charge in [0.05, 0.1) is 24.8 Å². The number of aliphatic hydroxyl groups excluding tert-OH is 2. The maximum atomic E-state index is 12.1. The topological polar surface area (TPSA) is 147 Å². The molecule has 1 saturated heterocycles. The molecule has 4 N–H and O–H groups in total. The summed E-state index contributed by atoms with van der Waals surface area (Å²) in [5, 5.41) is 23.2. The lowest BCUT2D eigenvalue weighted by Crippen LogP contribution is -2.60. The summed E-state index contributed by atoms with van der Waals surface area (Å²) in [5.41, 5.74) is -0.861. The van der Waals surface area contributed by atoms with Crippen molar-refractivity contribution in [3.8, 4) is 0 Å². The molecule has 0 radical (unpaired) electrons. The highest BCUT2D eigenvalue weighted by Crippen LogP contribution is 2.17. The first-order valence-electron chi connectivity index (χ1n) is 7.94. The fourth-order valence-corrected chi connectivity index (χ4v) is 2.70. The number of nitrogens with one attached hydrogen (secondary N) is 2. The Morgan fingerprint density at radius 2 is 2.15 bits per heavy atom. The Bertz CT molecular complexity index is 880. The largest absolute Gasteiger partial charge is 0.388 e. The molecule has 1 aliphatic heterocycles. The van der Waals surface area contributed by atoms with Gasteiger partial charge in [-0.15, -0.1) is 0 Å². The predicted molar refractivity (Wildman–Crippen MR) is 88.6 cm³/mol. The fourth-order valence-electron chi connectivity index (χ4n) is 2.70. The number of ether oxygens (including phenoxy) is 1. The lowest BCUT2D eigenvalue weighted by atomic mass is 9.97. The molecule has 1 amide bonds. The first kappa shape index (κ1) is 18.0. The number of rotatable bonds is 4. The minimum Gasteiger partial charge on any atom is -0.388 e. The van der Waals surface area contributed by atoms with Crippen LogP contribution in [-0.4, -0.2) is 61.6 Å². The van der Waals surface area contributed by atoms with Crippen molar-refractivity contribution >= 4 is 5.91 Å². The van der Waals surface area contributed by atoms with Crippen LogP contribution in [0.1, 0.15) is 10.4 Å². The van der Waals surface area contributed by atoms with E-state index in [2.05, 4.69) is 15.3 Å². The molecule has 0 saturated carbocycles. The second kappa shape index (κ2) is 7.60. The van der Waals surface area contributed by atoms with E-state index < -0.39 is 41.5 Å². The van der Waals surface area contributed by atoms with Gasteiger partial charge in [0.2, 0.25) is 0 Å². The summed E-state index contributed by atoms with van der Waals surface area (Å²) in [7, 11) is 0. The Kier molecular flexibility index (Phi) is 5.26. The van der Waals surface area contributed by atoms with E-state index in [1.165, 1.54) is 24.7 Å². The normalized spacial score (nSPS) is 25.6. The van der Waals surface area contributed by atoms with Gasteiger partial charge in [-0.25, -0.2) is 4.79 Å². The van der Waals surface area contributed by atoms with Gasteiger partial charge in [-0.2, -0.15) is 0 Å². The zero-order chi connectivity index (χ0) is 18.7. The minimum atomic E-state index is -1.33. The van der Waals surface area contributed by atoms with Crippen LogP contribution in [-0.2, 0) is 11.3 Å². The van der Waals surface area contributed by atoms with Crippen LogP contribution in [0, 0.1) is 0 Å². The average Bonchev–Trinajstić information content (AvgIpc) is 2.64. The summed E-state index contributed by atoms with van der Waals surface area (Å²) in [6.45, 7) is -0.107.